The summed E-state index contributed by atoms with van der Waals surface area (Å²) in [5.41, 5.74) is 3.43. The molecular formula is C17H17N5OS. The summed E-state index contributed by atoms with van der Waals surface area (Å²) < 4.78 is 3.42. The smallest absolute Gasteiger partial charge is 0.272 e. The number of hydrogen-bond donors (Lipinski definition) is 1. The van der Waals surface area contributed by atoms with Crippen LogP contribution >= 0.6 is 11.3 Å². The quantitative estimate of drug-likeness (QED) is 0.608. The van der Waals surface area contributed by atoms with Crippen LogP contribution in [0.15, 0.2) is 46.8 Å². The number of aryl methyl sites for hydroxylation is 3. The molecule has 0 saturated heterocycles. The number of fused-ring (bicyclic) bond motifs is 1. The van der Waals surface area contributed by atoms with Gasteiger partial charge in [-0.1, -0.05) is 6.07 Å². The average Bonchev–Trinajstić information content (AvgIpc) is 3.30. The van der Waals surface area contributed by atoms with Gasteiger partial charge in [0.2, 0.25) is 0 Å². The topological polar surface area (TPSA) is 68.0 Å². The molecule has 6 nitrogen and oxygen atoms in total. The fourth-order valence-electron chi connectivity index (χ4n) is 2.84. The van der Waals surface area contributed by atoms with Gasteiger partial charge < -0.3 is 0 Å². The molecule has 0 saturated carbocycles. The van der Waals surface area contributed by atoms with Crippen molar-refractivity contribution in [1.29, 1.82) is 0 Å². The summed E-state index contributed by atoms with van der Waals surface area (Å²) in [7, 11) is 0. The van der Waals surface area contributed by atoms with Crippen molar-refractivity contribution in [2.45, 2.75) is 26.3 Å². The molecule has 4 aromatic rings. The number of hydrogen-bond acceptors (Lipinski definition) is 4. The van der Waals surface area contributed by atoms with Gasteiger partial charge in [-0.2, -0.15) is 5.10 Å². The van der Waals surface area contributed by atoms with E-state index in [1.54, 1.807) is 23.6 Å². The first kappa shape index (κ1) is 14.9. The monoisotopic (exact) mass is 339 g/mol. The lowest BCUT2D eigenvalue weighted by atomic mass is 10.2. The third kappa shape index (κ3) is 2.67. The lowest BCUT2D eigenvalue weighted by molar-refractivity contribution is 0.575. The molecule has 0 radical (unpaired) electrons. The van der Waals surface area contributed by atoms with Crippen LogP contribution in [0.5, 0.6) is 0 Å². The van der Waals surface area contributed by atoms with Crippen molar-refractivity contribution in [3.8, 4) is 10.6 Å². The summed E-state index contributed by atoms with van der Waals surface area (Å²) in [5, 5.41) is 9.39. The Balaban J connectivity index is 1.64. The van der Waals surface area contributed by atoms with Crippen molar-refractivity contribution in [2.24, 2.45) is 0 Å². The number of rotatable bonds is 5. The molecule has 4 aromatic heterocycles. The first-order valence-corrected chi connectivity index (χ1v) is 8.73. The van der Waals surface area contributed by atoms with Crippen LogP contribution in [0.4, 0.5) is 0 Å². The normalized spacial score (nSPS) is 11.4. The van der Waals surface area contributed by atoms with E-state index in [9.17, 15) is 4.79 Å². The highest BCUT2D eigenvalue weighted by Crippen LogP contribution is 2.27. The lowest BCUT2D eigenvalue weighted by Crippen LogP contribution is -2.16. The Morgan fingerprint density at radius 2 is 2.25 bits per heavy atom. The number of thiophene rings is 1. The van der Waals surface area contributed by atoms with Crippen molar-refractivity contribution in [2.75, 3.05) is 0 Å². The molecule has 0 unspecified atom stereocenters. The van der Waals surface area contributed by atoms with E-state index in [0.717, 1.165) is 41.2 Å². The second-order valence-electron chi connectivity index (χ2n) is 5.71. The van der Waals surface area contributed by atoms with Crippen molar-refractivity contribution >= 4 is 17.0 Å². The van der Waals surface area contributed by atoms with Crippen LogP contribution in [-0.2, 0) is 13.0 Å². The lowest BCUT2D eigenvalue weighted by Gasteiger charge is -2.02. The molecule has 122 valence electrons. The van der Waals surface area contributed by atoms with Crippen LogP contribution in [0.3, 0.4) is 0 Å². The Morgan fingerprint density at radius 3 is 3.00 bits per heavy atom. The number of aromatic nitrogens is 5. The number of nitrogens with one attached hydrogen (secondary N) is 1. The van der Waals surface area contributed by atoms with Crippen LogP contribution < -0.4 is 5.56 Å². The van der Waals surface area contributed by atoms with Gasteiger partial charge in [0.05, 0.1) is 10.6 Å². The molecule has 0 atom stereocenters. The van der Waals surface area contributed by atoms with Crippen LogP contribution in [0.1, 0.15) is 17.7 Å². The molecule has 0 fully saturated rings. The molecule has 24 heavy (non-hydrogen) atoms. The first-order valence-electron chi connectivity index (χ1n) is 7.85. The van der Waals surface area contributed by atoms with Gasteiger partial charge in [-0.3, -0.25) is 14.6 Å². The van der Waals surface area contributed by atoms with Crippen molar-refractivity contribution in [1.82, 2.24) is 24.4 Å². The second kappa shape index (κ2) is 6.09. The van der Waals surface area contributed by atoms with E-state index in [-0.39, 0.29) is 5.56 Å². The highest BCUT2D eigenvalue weighted by Gasteiger charge is 2.13. The Hall–Kier alpha value is -2.67. The van der Waals surface area contributed by atoms with Crippen molar-refractivity contribution in [3.05, 3.63) is 63.7 Å². The van der Waals surface area contributed by atoms with Crippen LogP contribution in [-0.4, -0.2) is 24.4 Å². The maximum atomic E-state index is 12.4. The SMILES string of the molecule is Cc1c(-c2cccs2)[nH]n2c(=O)cc(CCCn3cccn3)nc12. The van der Waals surface area contributed by atoms with Crippen molar-refractivity contribution in [3.63, 3.8) is 0 Å². The van der Waals surface area contributed by atoms with E-state index in [1.807, 2.05) is 41.4 Å². The Kier molecular flexibility index (Phi) is 3.78. The van der Waals surface area contributed by atoms with Gasteiger partial charge in [0, 0.05) is 36.3 Å². The second-order valence-corrected chi connectivity index (χ2v) is 6.65. The summed E-state index contributed by atoms with van der Waals surface area (Å²) in [6.07, 6.45) is 5.36. The minimum Gasteiger partial charge on any atom is -0.288 e. The molecule has 0 aliphatic heterocycles. The molecule has 1 N–H and O–H groups in total. The van der Waals surface area contributed by atoms with E-state index in [4.69, 9.17) is 4.98 Å². The fraction of sp³-hybridized carbons (Fsp3) is 0.235. The minimum atomic E-state index is -0.0694. The number of H-pyrrole nitrogens is 1. The molecule has 4 heterocycles. The third-order valence-electron chi connectivity index (χ3n) is 4.05. The predicted molar refractivity (Wildman–Crippen MR) is 94.4 cm³/mol. The van der Waals surface area contributed by atoms with Crippen LogP contribution in [0.25, 0.3) is 16.2 Å². The molecule has 0 aliphatic rings. The molecule has 4 rings (SSSR count). The van der Waals surface area contributed by atoms with Gasteiger partial charge in [0.1, 0.15) is 0 Å². The fourth-order valence-corrected chi connectivity index (χ4v) is 3.62. The zero-order valence-electron chi connectivity index (χ0n) is 13.3. The average molecular weight is 339 g/mol. The van der Waals surface area contributed by atoms with Gasteiger partial charge >= 0.3 is 0 Å². The molecule has 0 spiro atoms. The van der Waals surface area contributed by atoms with E-state index < -0.39 is 0 Å². The van der Waals surface area contributed by atoms with Gasteiger partial charge in [-0.25, -0.2) is 9.50 Å². The minimum absolute atomic E-state index is 0.0694. The number of nitrogens with zero attached hydrogens (tertiary/aromatic N) is 4. The molecule has 0 bridgehead atoms. The van der Waals surface area contributed by atoms with Gasteiger partial charge in [-0.05, 0) is 37.3 Å². The molecule has 7 heteroatoms. The summed E-state index contributed by atoms with van der Waals surface area (Å²) in [5.74, 6) is 0. The van der Waals surface area contributed by atoms with Crippen LogP contribution in [0, 0.1) is 6.92 Å². The maximum Gasteiger partial charge on any atom is 0.272 e. The third-order valence-corrected chi connectivity index (χ3v) is 4.94. The first-order chi connectivity index (χ1) is 11.7. The van der Waals surface area contributed by atoms with Gasteiger partial charge in [-0.15, -0.1) is 11.3 Å². The molecule has 0 amide bonds. The highest BCUT2D eigenvalue weighted by molar-refractivity contribution is 7.13. The highest BCUT2D eigenvalue weighted by atomic mass is 32.1. The van der Waals surface area contributed by atoms with Crippen molar-refractivity contribution < 1.29 is 0 Å². The predicted octanol–water partition coefficient (Wildman–Crippen LogP) is 2.89. The Bertz CT molecular complexity index is 1010. The van der Waals surface area contributed by atoms with Gasteiger partial charge in [0.25, 0.3) is 5.56 Å². The standard InChI is InChI=1S/C17H17N5OS/c1-12-16(14-6-3-10-24-14)20-22-15(23)11-13(19-17(12)22)5-2-8-21-9-4-7-18-21/h3-4,6-7,9-11,20H,2,5,8H2,1H3. The molecular weight excluding hydrogens is 322 g/mol. The van der Waals surface area contributed by atoms with Crippen LogP contribution in [0.2, 0.25) is 0 Å². The Labute approximate surface area is 142 Å². The van der Waals surface area contributed by atoms with E-state index in [2.05, 4.69) is 10.2 Å². The summed E-state index contributed by atoms with van der Waals surface area (Å²) in [6.45, 7) is 2.82. The van der Waals surface area contributed by atoms with E-state index >= 15 is 0 Å². The largest absolute Gasteiger partial charge is 0.288 e. The zero-order valence-corrected chi connectivity index (χ0v) is 14.1. The summed E-state index contributed by atoms with van der Waals surface area (Å²) in [6, 6.07) is 7.57. The summed E-state index contributed by atoms with van der Waals surface area (Å²) in [4.78, 5) is 18.2. The van der Waals surface area contributed by atoms with E-state index in [0.29, 0.717) is 5.65 Å². The Morgan fingerprint density at radius 1 is 1.33 bits per heavy atom. The zero-order chi connectivity index (χ0) is 16.5. The molecule has 0 aliphatic carbocycles. The number of aromatic amines is 1. The molecule has 0 aromatic carbocycles. The van der Waals surface area contributed by atoms with E-state index in [1.165, 1.54) is 4.52 Å². The summed E-state index contributed by atoms with van der Waals surface area (Å²) >= 11 is 1.64. The van der Waals surface area contributed by atoms with Gasteiger partial charge in [0.15, 0.2) is 5.65 Å². The maximum absolute atomic E-state index is 12.4.